The number of aromatic nitrogens is 1. The van der Waals surface area contributed by atoms with E-state index < -0.39 is 10.0 Å². The largest absolute Gasteiger partial charge is 0.397 e. The third kappa shape index (κ3) is 2.57. The Bertz CT molecular complexity index is 710. The number of nitrogen functional groups attached to an aromatic ring is 1. The van der Waals surface area contributed by atoms with Gasteiger partial charge in [-0.15, -0.1) is 0 Å². The smallest absolute Gasteiger partial charge is 0.265 e. The van der Waals surface area contributed by atoms with Gasteiger partial charge in [-0.05, 0) is 36.8 Å². The highest BCUT2D eigenvalue weighted by Crippen LogP contribution is 2.29. The molecule has 0 atom stereocenters. The maximum absolute atomic E-state index is 12.5. The minimum absolute atomic E-state index is 0.0880. The van der Waals surface area contributed by atoms with E-state index in [0.29, 0.717) is 16.4 Å². The van der Waals surface area contributed by atoms with E-state index in [1.807, 2.05) is 0 Å². The van der Waals surface area contributed by atoms with E-state index in [9.17, 15) is 8.42 Å². The third-order valence-electron chi connectivity index (χ3n) is 2.89. The van der Waals surface area contributed by atoms with Crippen LogP contribution in [0, 0.1) is 6.92 Å². The Morgan fingerprint density at radius 2 is 2.00 bits per heavy atom. The fourth-order valence-electron chi connectivity index (χ4n) is 1.73. The number of pyridine rings is 1. The van der Waals surface area contributed by atoms with Crippen LogP contribution in [0.3, 0.4) is 0 Å². The molecule has 1 aromatic heterocycles. The van der Waals surface area contributed by atoms with Gasteiger partial charge >= 0.3 is 0 Å². The number of nitrogens with zero attached hydrogens (tertiary/aromatic N) is 2. The van der Waals surface area contributed by atoms with Gasteiger partial charge in [0.25, 0.3) is 10.0 Å². The van der Waals surface area contributed by atoms with Crippen molar-refractivity contribution in [2.75, 3.05) is 17.1 Å². The molecule has 1 heterocycles. The van der Waals surface area contributed by atoms with Gasteiger partial charge in [0, 0.05) is 13.2 Å². The summed E-state index contributed by atoms with van der Waals surface area (Å²) in [5.74, 6) is 0.332. The average Bonchev–Trinajstić information content (AvgIpc) is 2.44. The van der Waals surface area contributed by atoms with Crippen LogP contribution in [-0.2, 0) is 10.0 Å². The van der Waals surface area contributed by atoms with Crippen molar-refractivity contribution in [1.29, 1.82) is 0 Å². The summed E-state index contributed by atoms with van der Waals surface area (Å²) in [5.41, 5.74) is 6.57. The molecule has 0 saturated heterocycles. The number of anilines is 2. The van der Waals surface area contributed by atoms with Crippen LogP contribution in [0.2, 0.25) is 5.02 Å². The van der Waals surface area contributed by atoms with Crippen LogP contribution in [0.1, 0.15) is 5.56 Å². The van der Waals surface area contributed by atoms with E-state index in [-0.39, 0.29) is 10.6 Å². The lowest BCUT2D eigenvalue weighted by Crippen LogP contribution is -2.27. The molecule has 0 fully saturated rings. The highest BCUT2D eigenvalue weighted by Gasteiger charge is 2.23. The Balaban J connectivity index is 2.51. The molecule has 20 heavy (non-hydrogen) atoms. The van der Waals surface area contributed by atoms with E-state index >= 15 is 0 Å². The number of benzene rings is 1. The monoisotopic (exact) mass is 311 g/mol. The molecule has 2 rings (SSSR count). The van der Waals surface area contributed by atoms with Crippen molar-refractivity contribution in [3.05, 3.63) is 47.1 Å². The van der Waals surface area contributed by atoms with Crippen molar-refractivity contribution >= 4 is 33.1 Å². The lowest BCUT2D eigenvalue weighted by molar-refractivity contribution is 0.594. The Kier molecular flexibility index (Phi) is 3.87. The summed E-state index contributed by atoms with van der Waals surface area (Å²) in [7, 11) is -2.28. The lowest BCUT2D eigenvalue weighted by Gasteiger charge is -2.19. The maximum atomic E-state index is 12.5. The maximum Gasteiger partial charge on any atom is 0.265 e. The van der Waals surface area contributed by atoms with Gasteiger partial charge in [-0.2, -0.15) is 0 Å². The van der Waals surface area contributed by atoms with Crippen LogP contribution in [0.15, 0.2) is 41.4 Å². The van der Waals surface area contributed by atoms with Gasteiger partial charge < -0.3 is 5.73 Å². The Hall–Kier alpha value is -1.79. The predicted molar refractivity (Wildman–Crippen MR) is 80.4 cm³/mol. The molecule has 0 saturated carbocycles. The first kappa shape index (κ1) is 14.6. The van der Waals surface area contributed by atoms with Crippen molar-refractivity contribution in [2.24, 2.45) is 0 Å². The van der Waals surface area contributed by atoms with Gasteiger partial charge in [-0.3, -0.25) is 4.31 Å². The van der Waals surface area contributed by atoms with Crippen molar-refractivity contribution in [3.63, 3.8) is 0 Å². The first-order valence-corrected chi connectivity index (χ1v) is 7.61. The summed E-state index contributed by atoms with van der Waals surface area (Å²) in [6, 6.07) is 7.89. The number of hydrogen-bond donors (Lipinski definition) is 1. The first-order valence-electron chi connectivity index (χ1n) is 5.79. The fourth-order valence-corrected chi connectivity index (χ4v) is 3.11. The Morgan fingerprint density at radius 3 is 2.55 bits per heavy atom. The minimum Gasteiger partial charge on any atom is -0.397 e. The van der Waals surface area contributed by atoms with E-state index in [4.69, 9.17) is 17.3 Å². The molecule has 0 bridgehead atoms. The highest BCUT2D eigenvalue weighted by molar-refractivity contribution is 7.92. The molecule has 0 aliphatic heterocycles. The Morgan fingerprint density at radius 1 is 1.30 bits per heavy atom. The zero-order valence-electron chi connectivity index (χ0n) is 11.0. The third-order valence-corrected chi connectivity index (χ3v) is 5.14. The molecule has 106 valence electrons. The first-order chi connectivity index (χ1) is 9.34. The van der Waals surface area contributed by atoms with Crippen LogP contribution in [-0.4, -0.2) is 20.4 Å². The molecule has 0 spiro atoms. The van der Waals surface area contributed by atoms with Crippen molar-refractivity contribution in [1.82, 2.24) is 4.98 Å². The normalized spacial score (nSPS) is 11.3. The lowest BCUT2D eigenvalue weighted by atomic mass is 10.2. The summed E-state index contributed by atoms with van der Waals surface area (Å²) < 4.78 is 26.2. The fraction of sp³-hybridized carbons (Fsp3) is 0.154. The number of sulfonamides is 1. The van der Waals surface area contributed by atoms with Gasteiger partial charge in [-0.1, -0.05) is 17.7 Å². The van der Waals surface area contributed by atoms with Crippen molar-refractivity contribution in [3.8, 4) is 0 Å². The molecule has 0 unspecified atom stereocenters. The molecular weight excluding hydrogens is 298 g/mol. The van der Waals surface area contributed by atoms with E-state index in [0.717, 1.165) is 4.31 Å². The number of rotatable bonds is 3. The van der Waals surface area contributed by atoms with Crippen LogP contribution in [0.25, 0.3) is 0 Å². The van der Waals surface area contributed by atoms with Crippen LogP contribution < -0.4 is 10.0 Å². The zero-order valence-corrected chi connectivity index (χ0v) is 12.6. The summed E-state index contributed by atoms with van der Waals surface area (Å²) in [4.78, 5) is 4.11. The SMILES string of the molecule is Cc1cc(S(=O)(=O)N(C)c2ccccn2)cc(N)c1Cl. The topological polar surface area (TPSA) is 76.3 Å². The van der Waals surface area contributed by atoms with E-state index in [2.05, 4.69) is 4.98 Å². The molecule has 2 N–H and O–H groups in total. The van der Waals surface area contributed by atoms with Crippen LogP contribution >= 0.6 is 11.6 Å². The number of hydrogen-bond acceptors (Lipinski definition) is 4. The molecule has 7 heteroatoms. The summed E-state index contributed by atoms with van der Waals surface area (Å²) in [6.45, 7) is 1.71. The second-order valence-corrected chi connectivity index (χ2v) is 6.65. The molecule has 1 aromatic carbocycles. The molecular formula is C13H14ClN3O2S. The summed E-state index contributed by atoms with van der Waals surface area (Å²) in [5, 5.41) is 0.365. The van der Waals surface area contributed by atoms with Crippen LogP contribution in [0.5, 0.6) is 0 Å². The molecule has 0 radical (unpaired) electrons. The minimum atomic E-state index is -3.72. The second-order valence-electron chi connectivity index (χ2n) is 4.30. The summed E-state index contributed by atoms with van der Waals surface area (Å²) in [6.07, 6.45) is 1.53. The second kappa shape index (κ2) is 5.30. The highest BCUT2D eigenvalue weighted by atomic mass is 35.5. The van der Waals surface area contributed by atoms with Crippen molar-refractivity contribution < 1.29 is 8.42 Å². The van der Waals surface area contributed by atoms with Gasteiger partial charge in [-0.25, -0.2) is 13.4 Å². The van der Waals surface area contributed by atoms with E-state index in [1.165, 1.54) is 25.4 Å². The quantitative estimate of drug-likeness (QED) is 0.883. The number of halogens is 1. The van der Waals surface area contributed by atoms with E-state index in [1.54, 1.807) is 25.1 Å². The predicted octanol–water partition coefficient (Wildman–Crippen LogP) is 2.45. The van der Waals surface area contributed by atoms with Crippen LogP contribution in [0.4, 0.5) is 11.5 Å². The standard InChI is InChI=1S/C13H14ClN3O2S/c1-9-7-10(8-11(15)13(9)14)20(18,19)17(2)12-5-3-4-6-16-12/h3-8H,15H2,1-2H3. The number of nitrogens with two attached hydrogens (primary N) is 1. The van der Waals surface area contributed by atoms with Gasteiger partial charge in [0.05, 0.1) is 15.6 Å². The molecule has 2 aromatic rings. The zero-order chi connectivity index (χ0) is 14.9. The molecule has 0 aliphatic rings. The van der Waals surface area contributed by atoms with Gasteiger partial charge in [0.15, 0.2) is 0 Å². The molecule has 0 aliphatic carbocycles. The Labute approximate surface area is 123 Å². The van der Waals surface area contributed by atoms with Gasteiger partial charge in [0.1, 0.15) is 5.82 Å². The summed E-state index contributed by atoms with van der Waals surface area (Å²) >= 11 is 5.95. The van der Waals surface area contributed by atoms with Gasteiger partial charge in [0.2, 0.25) is 0 Å². The average molecular weight is 312 g/mol. The number of aryl methyl sites for hydroxylation is 1. The van der Waals surface area contributed by atoms with Crippen molar-refractivity contribution in [2.45, 2.75) is 11.8 Å². The molecule has 0 amide bonds. The molecule has 5 nitrogen and oxygen atoms in total.